The molecule has 104 valence electrons. The summed E-state index contributed by atoms with van der Waals surface area (Å²) in [5.74, 6) is -0.894. The number of nitrogens with one attached hydrogen (secondary N) is 1. The van der Waals surface area contributed by atoms with Crippen LogP contribution in [0.25, 0.3) is 0 Å². The third-order valence-electron chi connectivity index (χ3n) is 3.61. The van der Waals surface area contributed by atoms with E-state index in [0.717, 1.165) is 19.3 Å². The third kappa shape index (κ3) is 3.70. The molecule has 1 aliphatic carbocycles. The fourth-order valence-corrected chi connectivity index (χ4v) is 2.26. The topological polar surface area (TPSA) is 38.3 Å². The molecule has 0 bridgehead atoms. The monoisotopic (exact) mass is 283 g/mol. The highest BCUT2D eigenvalue weighted by atomic mass is 32.1. The maximum Gasteiger partial charge on any atom is 0.254 e. The van der Waals surface area contributed by atoms with E-state index in [4.69, 9.17) is 4.74 Å². The minimum absolute atomic E-state index is 0.0510. The lowest BCUT2D eigenvalue weighted by molar-refractivity contribution is 0.0933. The molecule has 0 aromatic heterocycles. The summed E-state index contributed by atoms with van der Waals surface area (Å²) >= 11 is 4.12. The van der Waals surface area contributed by atoms with E-state index in [1.165, 1.54) is 18.2 Å². The minimum atomic E-state index is -0.517. The third-order valence-corrected chi connectivity index (χ3v) is 3.89. The molecule has 0 spiro atoms. The number of amides is 1. The molecule has 5 heteroatoms. The molecule has 2 rings (SSSR count). The smallest absolute Gasteiger partial charge is 0.254 e. The van der Waals surface area contributed by atoms with Crippen LogP contribution in [-0.2, 0) is 4.74 Å². The van der Waals surface area contributed by atoms with Crippen molar-refractivity contribution in [3.63, 3.8) is 0 Å². The Bertz CT molecular complexity index is 475. The van der Waals surface area contributed by atoms with Crippen LogP contribution in [0.15, 0.2) is 23.1 Å². The van der Waals surface area contributed by atoms with Gasteiger partial charge in [-0.2, -0.15) is 0 Å². The molecular weight excluding hydrogens is 265 g/mol. The summed E-state index contributed by atoms with van der Waals surface area (Å²) in [6.45, 7) is 1.27. The lowest BCUT2D eigenvalue weighted by Crippen LogP contribution is -2.31. The SMILES string of the molecule is COCCC1(CNC(=O)c2cc(S)ccc2F)CC1. The number of hydrogen-bond acceptors (Lipinski definition) is 3. The van der Waals surface area contributed by atoms with Crippen LogP contribution in [0, 0.1) is 11.2 Å². The summed E-state index contributed by atoms with van der Waals surface area (Å²) in [5, 5.41) is 2.81. The minimum Gasteiger partial charge on any atom is -0.385 e. The van der Waals surface area contributed by atoms with Crippen molar-refractivity contribution < 1.29 is 13.9 Å². The number of ether oxygens (including phenoxy) is 1. The molecule has 3 nitrogen and oxygen atoms in total. The van der Waals surface area contributed by atoms with Crippen LogP contribution in [0.4, 0.5) is 4.39 Å². The van der Waals surface area contributed by atoms with Gasteiger partial charge in [0.05, 0.1) is 5.56 Å². The highest BCUT2D eigenvalue weighted by Crippen LogP contribution is 2.48. The average Bonchev–Trinajstić information content (AvgIpc) is 3.17. The van der Waals surface area contributed by atoms with E-state index >= 15 is 0 Å². The normalized spacial score (nSPS) is 16.2. The fourth-order valence-electron chi connectivity index (χ4n) is 2.06. The molecule has 0 aliphatic heterocycles. The number of hydrogen-bond donors (Lipinski definition) is 2. The van der Waals surface area contributed by atoms with Crippen molar-refractivity contribution in [3.8, 4) is 0 Å². The van der Waals surface area contributed by atoms with Gasteiger partial charge in [0.2, 0.25) is 0 Å². The van der Waals surface area contributed by atoms with Crippen LogP contribution in [0.1, 0.15) is 29.6 Å². The summed E-state index contributed by atoms with van der Waals surface area (Å²) in [4.78, 5) is 12.5. The highest BCUT2D eigenvalue weighted by molar-refractivity contribution is 7.80. The standard InChI is InChI=1S/C14H18FNO2S/c1-18-7-6-14(4-5-14)9-16-13(17)11-8-10(19)2-3-12(11)15/h2-3,8,19H,4-7,9H2,1H3,(H,16,17). The Morgan fingerprint density at radius 2 is 2.26 bits per heavy atom. The van der Waals surface area contributed by atoms with Crippen molar-refractivity contribution in [1.82, 2.24) is 5.32 Å². The van der Waals surface area contributed by atoms with E-state index in [9.17, 15) is 9.18 Å². The molecule has 0 heterocycles. The Morgan fingerprint density at radius 3 is 2.89 bits per heavy atom. The van der Waals surface area contributed by atoms with Gasteiger partial charge in [-0.3, -0.25) is 4.79 Å². The highest BCUT2D eigenvalue weighted by Gasteiger charge is 2.42. The first-order valence-corrected chi connectivity index (χ1v) is 6.77. The number of carbonyl (C=O) groups excluding carboxylic acids is 1. The van der Waals surface area contributed by atoms with Gasteiger partial charge in [-0.25, -0.2) is 4.39 Å². The fraction of sp³-hybridized carbons (Fsp3) is 0.500. The Balaban J connectivity index is 1.93. The molecule has 1 amide bonds. The maximum atomic E-state index is 13.5. The van der Waals surface area contributed by atoms with Crippen molar-refractivity contribution in [2.24, 2.45) is 5.41 Å². The lowest BCUT2D eigenvalue weighted by Gasteiger charge is -2.15. The number of benzene rings is 1. The summed E-state index contributed by atoms with van der Waals surface area (Å²) < 4.78 is 18.6. The van der Waals surface area contributed by atoms with Gasteiger partial charge in [0.1, 0.15) is 5.82 Å². The van der Waals surface area contributed by atoms with Crippen LogP contribution in [0.3, 0.4) is 0 Å². The summed E-state index contributed by atoms with van der Waals surface area (Å²) in [6.07, 6.45) is 3.11. The quantitative estimate of drug-likeness (QED) is 0.788. The van der Waals surface area contributed by atoms with Gasteiger partial charge in [0.15, 0.2) is 0 Å². The number of thiol groups is 1. The van der Waals surface area contributed by atoms with Crippen LogP contribution in [0.5, 0.6) is 0 Å². The first-order valence-electron chi connectivity index (χ1n) is 6.32. The predicted octanol–water partition coefficient (Wildman–Crippen LogP) is 2.66. The Kier molecular flexibility index (Phi) is 4.47. The van der Waals surface area contributed by atoms with Crippen molar-refractivity contribution in [2.45, 2.75) is 24.2 Å². The Labute approximate surface area is 117 Å². The second-order valence-electron chi connectivity index (χ2n) is 5.09. The summed E-state index contributed by atoms with van der Waals surface area (Å²) in [6, 6.07) is 4.23. The largest absolute Gasteiger partial charge is 0.385 e. The van der Waals surface area contributed by atoms with Gasteiger partial charge < -0.3 is 10.1 Å². The predicted molar refractivity (Wildman–Crippen MR) is 74.1 cm³/mol. The second kappa shape index (κ2) is 5.92. The molecule has 1 aromatic rings. The van der Waals surface area contributed by atoms with Gasteiger partial charge >= 0.3 is 0 Å². The molecule has 1 fully saturated rings. The molecule has 0 atom stereocenters. The zero-order chi connectivity index (χ0) is 13.9. The van der Waals surface area contributed by atoms with Gasteiger partial charge in [0.25, 0.3) is 5.91 Å². The molecule has 19 heavy (non-hydrogen) atoms. The zero-order valence-corrected chi connectivity index (χ0v) is 11.8. The van der Waals surface area contributed by atoms with E-state index in [0.29, 0.717) is 18.0 Å². The summed E-state index contributed by atoms with van der Waals surface area (Å²) in [7, 11) is 1.67. The van der Waals surface area contributed by atoms with Crippen molar-refractivity contribution in [1.29, 1.82) is 0 Å². The molecule has 1 saturated carbocycles. The molecule has 1 N–H and O–H groups in total. The van der Waals surface area contributed by atoms with Gasteiger partial charge in [0, 0.05) is 25.2 Å². The number of methoxy groups -OCH3 is 1. The van der Waals surface area contributed by atoms with Gasteiger partial charge in [-0.15, -0.1) is 12.6 Å². The Hall–Kier alpha value is -1.07. The molecule has 0 saturated heterocycles. The maximum absolute atomic E-state index is 13.5. The van der Waals surface area contributed by atoms with Crippen LogP contribution < -0.4 is 5.32 Å². The Morgan fingerprint density at radius 1 is 1.53 bits per heavy atom. The molecular formula is C14H18FNO2S. The average molecular weight is 283 g/mol. The van der Waals surface area contributed by atoms with E-state index in [-0.39, 0.29) is 16.9 Å². The van der Waals surface area contributed by atoms with Gasteiger partial charge in [-0.05, 0) is 42.9 Å². The van der Waals surface area contributed by atoms with E-state index in [1.807, 2.05) is 0 Å². The van der Waals surface area contributed by atoms with Crippen LogP contribution in [-0.4, -0.2) is 26.2 Å². The van der Waals surface area contributed by atoms with Gasteiger partial charge in [-0.1, -0.05) is 0 Å². The van der Waals surface area contributed by atoms with E-state index in [1.54, 1.807) is 7.11 Å². The number of halogens is 1. The summed E-state index contributed by atoms with van der Waals surface area (Å²) in [5.41, 5.74) is 0.204. The van der Waals surface area contributed by atoms with Crippen molar-refractivity contribution in [3.05, 3.63) is 29.6 Å². The first-order chi connectivity index (χ1) is 9.06. The molecule has 1 aromatic carbocycles. The van der Waals surface area contributed by atoms with Crippen LogP contribution >= 0.6 is 12.6 Å². The van der Waals surface area contributed by atoms with Crippen molar-refractivity contribution >= 4 is 18.5 Å². The van der Waals surface area contributed by atoms with E-state index in [2.05, 4.69) is 17.9 Å². The second-order valence-corrected chi connectivity index (χ2v) is 5.61. The number of carbonyl (C=O) groups is 1. The van der Waals surface area contributed by atoms with Crippen molar-refractivity contribution in [2.75, 3.05) is 20.3 Å². The van der Waals surface area contributed by atoms with Crippen LogP contribution in [0.2, 0.25) is 0 Å². The first kappa shape index (κ1) is 14.3. The molecule has 1 aliphatic rings. The molecule has 0 radical (unpaired) electrons. The number of rotatable bonds is 6. The zero-order valence-electron chi connectivity index (χ0n) is 10.9. The lowest BCUT2D eigenvalue weighted by atomic mass is 10.0. The molecule has 0 unspecified atom stereocenters. The van der Waals surface area contributed by atoms with E-state index < -0.39 is 5.82 Å².